The quantitative estimate of drug-likeness (QED) is 0.0186. The molecule has 2 aliphatic rings. The molecule has 0 saturated carbocycles. The molecule has 14 heteroatoms. The Hall–Kier alpha value is -1.27. The van der Waals surface area contributed by atoms with E-state index in [1.54, 1.807) is 0 Å². The van der Waals surface area contributed by atoms with E-state index in [-0.39, 0.29) is 25.6 Å². The number of allylic oxidation sites excluding steroid dienone is 2. The number of esters is 1. The van der Waals surface area contributed by atoms with E-state index >= 15 is 0 Å². The molecule has 2 aliphatic heterocycles. The molecule has 0 amide bonds. The zero-order chi connectivity index (χ0) is 45.9. The van der Waals surface area contributed by atoms with Crippen LogP contribution in [0.3, 0.4) is 0 Å². The fourth-order valence-electron chi connectivity index (χ4n) is 8.10. The number of aliphatic hydroxyl groups excluding tert-OH is 7. The fourth-order valence-corrected chi connectivity index (χ4v) is 8.10. The highest BCUT2D eigenvalue weighted by Crippen LogP contribution is 2.26. The van der Waals surface area contributed by atoms with E-state index in [1.807, 2.05) is 0 Å². The van der Waals surface area contributed by atoms with Crippen molar-refractivity contribution in [3.05, 3.63) is 12.2 Å². The summed E-state index contributed by atoms with van der Waals surface area (Å²) in [5.41, 5.74) is 0. The van der Waals surface area contributed by atoms with Gasteiger partial charge in [-0.05, 0) is 38.5 Å². The minimum atomic E-state index is -1.70. The van der Waals surface area contributed by atoms with Crippen LogP contribution in [0.15, 0.2) is 12.2 Å². The molecule has 2 rings (SSSR count). The predicted octanol–water partition coefficient (Wildman–Crippen LogP) is 7.07. The smallest absolute Gasteiger partial charge is 0.306 e. The Morgan fingerprint density at radius 2 is 0.937 bits per heavy atom. The predicted molar refractivity (Wildman–Crippen MR) is 243 cm³/mol. The van der Waals surface area contributed by atoms with Crippen LogP contribution in [0.2, 0.25) is 0 Å². The summed E-state index contributed by atoms with van der Waals surface area (Å²) in [6, 6.07) is 0. The summed E-state index contributed by atoms with van der Waals surface area (Å²) in [6.07, 6.45) is 21.3. The largest absolute Gasteiger partial charge is 0.457 e. The lowest BCUT2D eigenvalue weighted by Crippen LogP contribution is -2.61. The molecular formula is C49H92O14. The van der Waals surface area contributed by atoms with E-state index in [0.717, 1.165) is 57.8 Å². The highest BCUT2D eigenvalue weighted by Gasteiger charge is 2.47. The molecule has 2 fully saturated rings. The second-order valence-corrected chi connectivity index (χ2v) is 18.0. The molecule has 0 aromatic carbocycles. The van der Waals surface area contributed by atoms with E-state index in [9.17, 15) is 40.5 Å². The topological polar surface area (TPSA) is 214 Å². The first-order valence-electron chi connectivity index (χ1n) is 25.3. The van der Waals surface area contributed by atoms with Gasteiger partial charge in [0.2, 0.25) is 0 Å². The molecule has 11 unspecified atom stereocenters. The van der Waals surface area contributed by atoms with Crippen LogP contribution in [0, 0.1) is 0 Å². The Bertz CT molecular complexity index is 1100. The van der Waals surface area contributed by atoms with Crippen molar-refractivity contribution in [2.24, 2.45) is 0 Å². The van der Waals surface area contributed by atoms with Gasteiger partial charge in [-0.2, -0.15) is 0 Å². The summed E-state index contributed by atoms with van der Waals surface area (Å²) in [7, 11) is 0. The van der Waals surface area contributed by atoms with Gasteiger partial charge < -0.3 is 64.2 Å². The monoisotopic (exact) mass is 905 g/mol. The van der Waals surface area contributed by atoms with Crippen LogP contribution in [0.5, 0.6) is 0 Å². The van der Waals surface area contributed by atoms with Crippen molar-refractivity contribution in [3.8, 4) is 0 Å². The zero-order valence-electron chi connectivity index (χ0n) is 39.3. The van der Waals surface area contributed by atoms with Gasteiger partial charge in [0.05, 0.1) is 26.4 Å². The van der Waals surface area contributed by atoms with Gasteiger partial charge >= 0.3 is 5.97 Å². The van der Waals surface area contributed by atoms with Crippen LogP contribution >= 0.6 is 0 Å². The van der Waals surface area contributed by atoms with Crippen molar-refractivity contribution in [1.82, 2.24) is 0 Å². The maximum atomic E-state index is 13.0. The first-order chi connectivity index (χ1) is 30.6. The number of hydrogen-bond donors (Lipinski definition) is 7. The molecule has 63 heavy (non-hydrogen) atoms. The number of aliphatic hydroxyl groups is 7. The van der Waals surface area contributed by atoms with Gasteiger partial charge in [0.25, 0.3) is 0 Å². The summed E-state index contributed by atoms with van der Waals surface area (Å²) in [5, 5.41) is 72.0. The van der Waals surface area contributed by atoms with E-state index in [4.69, 9.17) is 28.4 Å². The molecule has 0 radical (unpaired) electrons. The Labute approximate surface area is 380 Å². The van der Waals surface area contributed by atoms with Crippen LogP contribution in [0.1, 0.15) is 194 Å². The first kappa shape index (κ1) is 57.9. The lowest BCUT2D eigenvalue weighted by atomic mass is 9.98. The number of hydrogen-bond acceptors (Lipinski definition) is 14. The van der Waals surface area contributed by atoms with Crippen molar-refractivity contribution in [2.45, 2.75) is 261 Å². The highest BCUT2D eigenvalue weighted by molar-refractivity contribution is 5.69. The van der Waals surface area contributed by atoms with Crippen LogP contribution in [-0.4, -0.2) is 142 Å². The summed E-state index contributed by atoms with van der Waals surface area (Å²) < 4.78 is 34.2. The third-order valence-electron chi connectivity index (χ3n) is 12.3. The average Bonchev–Trinajstić information content (AvgIpc) is 3.28. The van der Waals surface area contributed by atoms with Crippen molar-refractivity contribution < 1.29 is 69.0 Å². The molecule has 0 aromatic heterocycles. The Balaban J connectivity index is 1.78. The van der Waals surface area contributed by atoms with Crippen LogP contribution < -0.4 is 0 Å². The number of carbonyl (C=O) groups is 1. The lowest BCUT2D eigenvalue weighted by Gasteiger charge is -2.42. The van der Waals surface area contributed by atoms with Gasteiger partial charge in [-0.15, -0.1) is 0 Å². The summed E-state index contributed by atoms with van der Waals surface area (Å²) in [5.74, 6) is -0.382. The molecule has 372 valence electrons. The minimum Gasteiger partial charge on any atom is -0.457 e. The standard InChI is InChI=1S/C49H92O14/c1-3-5-7-9-11-13-15-17-19-20-22-24-26-28-30-32-41(51)61-38(35-58-33-31-29-27-25-23-21-18-16-14-12-10-8-6-4-2)36-59-48-47(57)45(55)43(53)40(63-48)37-60-49-46(56)44(54)42(52)39(34-50)62-49/h17,19,38-40,42-50,52-57H,3-16,18,20-37H2,1-2H3/b19-17-. The zero-order valence-corrected chi connectivity index (χ0v) is 39.3. The van der Waals surface area contributed by atoms with E-state index in [1.165, 1.54) is 109 Å². The van der Waals surface area contributed by atoms with Crippen molar-refractivity contribution in [1.29, 1.82) is 0 Å². The van der Waals surface area contributed by atoms with E-state index in [2.05, 4.69) is 26.0 Å². The Morgan fingerprint density at radius 1 is 0.508 bits per heavy atom. The van der Waals surface area contributed by atoms with Crippen LogP contribution in [0.4, 0.5) is 0 Å². The summed E-state index contributed by atoms with van der Waals surface area (Å²) in [6.45, 7) is 3.69. The van der Waals surface area contributed by atoms with Gasteiger partial charge in [-0.25, -0.2) is 0 Å². The molecule has 0 bridgehead atoms. The SMILES string of the molecule is CCCCCCCC/C=C\CCCCCCCC(=O)OC(COCCCCCCCCCCCCCCCC)COC1OC(COC2OC(CO)C(O)C(O)C2O)C(O)C(O)C1O. The van der Waals surface area contributed by atoms with E-state index < -0.39 is 80.7 Å². The molecule has 11 atom stereocenters. The Kier molecular flexibility index (Phi) is 34.7. The maximum Gasteiger partial charge on any atom is 0.306 e. The van der Waals surface area contributed by atoms with Crippen molar-refractivity contribution >= 4 is 5.97 Å². The average molecular weight is 905 g/mol. The molecule has 0 aromatic rings. The van der Waals surface area contributed by atoms with Crippen molar-refractivity contribution in [3.63, 3.8) is 0 Å². The molecular weight excluding hydrogens is 813 g/mol. The Morgan fingerprint density at radius 3 is 1.44 bits per heavy atom. The molecule has 7 N–H and O–H groups in total. The number of unbranched alkanes of at least 4 members (excludes halogenated alkanes) is 24. The molecule has 2 saturated heterocycles. The van der Waals surface area contributed by atoms with E-state index in [0.29, 0.717) is 13.0 Å². The first-order valence-corrected chi connectivity index (χ1v) is 25.3. The van der Waals surface area contributed by atoms with Crippen LogP contribution in [0.25, 0.3) is 0 Å². The number of ether oxygens (including phenoxy) is 6. The number of rotatable bonds is 40. The second kappa shape index (κ2) is 37.8. The van der Waals surface area contributed by atoms with Gasteiger partial charge in [-0.3, -0.25) is 4.79 Å². The third kappa shape index (κ3) is 26.0. The normalized spacial score (nSPS) is 27.0. The summed E-state index contributed by atoms with van der Waals surface area (Å²) >= 11 is 0. The minimum absolute atomic E-state index is 0.0637. The molecule has 2 heterocycles. The fraction of sp³-hybridized carbons (Fsp3) is 0.939. The maximum absolute atomic E-state index is 13.0. The van der Waals surface area contributed by atoms with Crippen molar-refractivity contribution in [2.75, 3.05) is 33.0 Å². The number of carbonyl (C=O) groups excluding carboxylic acids is 1. The lowest BCUT2D eigenvalue weighted by molar-refractivity contribution is -0.332. The van der Waals surface area contributed by atoms with Gasteiger partial charge in [-0.1, -0.05) is 161 Å². The van der Waals surface area contributed by atoms with Crippen LogP contribution in [-0.2, 0) is 33.2 Å². The second-order valence-electron chi connectivity index (χ2n) is 18.0. The highest BCUT2D eigenvalue weighted by atomic mass is 16.7. The van der Waals surface area contributed by atoms with Gasteiger partial charge in [0, 0.05) is 13.0 Å². The summed E-state index contributed by atoms with van der Waals surface area (Å²) in [4.78, 5) is 13.0. The third-order valence-corrected chi connectivity index (χ3v) is 12.3. The molecule has 0 aliphatic carbocycles. The molecule has 14 nitrogen and oxygen atoms in total. The van der Waals surface area contributed by atoms with Gasteiger partial charge in [0.1, 0.15) is 54.9 Å². The van der Waals surface area contributed by atoms with Gasteiger partial charge in [0.15, 0.2) is 12.6 Å². The molecule has 0 spiro atoms.